The molecule has 1 aliphatic rings. The van der Waals surface area contributed by atoms with Crippen LogP contribution >= 0.6 is 0 Å². The Morgan fingerprint density at radius 3 is 2.90 bits per heavy atom. The maximum Gasteiger partial charge on any atom is 0.305 e. The molecule has 0 saturated carbocycles. The van der Waals surface area contributed by atoms with Crippen molar-refractivity contribution in [3.05, 3.63) is 23.8 Å². The number of nitrogens with zero attached hydrogens (tertiary/aromatic N) is 1. The molecular formula is C13H14N2O5. The summed E-state index contributed by atoms with van der Waals surface area (Å²) < 4.78 is 5.23. The molecule has 2 rings (SSSR count). The molecule has 1 aliphatic heterocycles. The quantitative estimate of drug-likeness (QED) is 0.839. The van der Waals surface area contributed by atoms with E-state index < -0.39 is 5.97 Å². The number of amides is 2. The lowest BCUT2D eigenvalue weighted by molar-refractivity contribution is -0.137. The first-order chi connectivity index (χ1) is 9.47. The van der Waals surface area contributed by atoms with Crippen LogP contribution in [0.15, 0.2) is 18.2 Å². The third-order valence-corrected chi connectivity index (χ3v) is 2.87. The molecule has 7 nitrogen and oxygen atoms in total. The van der Waals surface area contributed by atoms with E-state index in [4.69, 9.17) is 9.84 Å². The first-order valence-corrected chi connectivity index (χ1v) is 6.01. The number of benzene rings is 1. The van der Waals surface area contributed by atoms with Gasteiger partial charge in [-0.25, -0.2) is 0 Å². The summed E-state index contributed by atoms with van der Waals surface area (Å²) in [6.07, 6.45) is -0.111. The summed E-state index contributed by atoms with van der Waals surface area (Å²) in [5.41, 5.74) is 0.902. The Morgan fingerprint density at radius 2 is 2.20 bits per heavy atom. The molecule has 0 radical (unpaired) electrons. The van der Waals surface area contributed by atoms with Crippen LogP contribution in [0.25, 0.3) is 0 Å². The van der Waals surface area contributed by atoms with Crippen LogP contribution in [0, 0.1) is 0 Å². The van der Waals surface area contributed by atoms with Crippen molar-refractivity contribution in [2.45, 2.75) is 6.42 Å². The van der Waals surface area contributed by atoms with Crippen LogP contribution < -0.4 is 10.1 Å². The number of ether oxygens (including phenoxy) is 1. The maximum atomic E-state index is 12.1. The van der Waals surface area contributed by atoms with Crippen molar-refractivity contribution in [2.75, 3.05) is 25.5 Å². The SMILES string of the molecule is CN(CCC(=O)O)C(=O)c1ccc2c(c1)OCC(=O)N2. The summed E-state index contributed by atoms with van der Waals surface area (Å²) in [4.78, 5) is 35.0. The number of nitrogens with one attached hydrogen (secondary N) is 1. The number of carbonyl (C=O) groups is 3. The monoisotopic (exact) mass is 278 g/mol. The van der Waals surface area contributed by atoms with Gasteiger partial charge in [0.25, 0.3) is 11.8 Å². The van der Waals surface area contributed by atoms with Crippen molar-refractivity contribution >= 4 is 23.5 Å². The largest absolute Gasteiger partial charge is 0.482 e. The van der Waals surface area contributed by atoms with E-state index in [9.17, 15) is 14.4 Å². The number of aliphatic carboxylic acids is 1. The van der Waals surface area contributed by atoms with Gasteiger partial charge in [0.1, 0.15) is 5.75 Å². The highest BCUT2D eigenvalue weighted by atomic mass is 16.5. The first-order valence-electron chi connectivity index (χ1n) is 6.01. The van der Waals surface area contributed by atoms with Crippen LogP contribution in [-0.4, -0.2) is 48.0 Å². The zero-order valence-electron chi connectivity index (χ0n) is 10.9. The fourth-order valence-corrected chi connectivity index (χ4v) is 1.79. The topological polar surface area (TPSA) is 95.9 Å². The van der Waals surface area contributed by atoms with Crippen molar-refractivity contribution in [1.29, 1.82) is 0 Å². The highest BCUT2D eigenvalue weighted by Gasteiger charge is 2.19. The minimum Gasteiger partial charge on any atom is -0.482 e. The summed E-state index contributed by atoms with van der Waals surface area (Å²) >= 11 is 0. The van der Waals surface area contributed by atoms with Gasteiger partial charge in [0.15, 0.2) is 6.61 Å². The Bertz CT molecular complexity index is 570. The summed E-state index contributed by atoms with van der Waals surface area (Å²) in [7, 11) is 1.54. The van der Waals surface area contributed by atoms with E-state index in [1.807, 2.05) is 0 Å². The average molecular weight is 278 g/mol. The van der Waals surface area contributed by atoms with Gasteiger partial charge >= 0.3 is 5.97 Å². The molecule has 1 aromatic rings. The van der Waals surface area contributed by atoms with Gasteiger partial charge in [-0.15, -0.1) is 0 Å². The normalized spacial score (nSPS) is 12.9. The predicted octanol–water partition coefficient (Wildman–Crippen LogP) is 0.564. The van der Waals surface area contributed by atoms with Gasteiger partial charge in [0.2, 0.25) is 0 Å². The van der Waals surface area contributed by atoms with E-state index in [2.05, 4.69) is 5.32 Å². The van der Waals surface area contributed by atoms with Crippen LogP contribution in [0.1, 0.15) is 16.8 Å². The molecule has 20 heavy (non-hydrogen) atoms. The van der Waals surface area contributed by atoms with Crippen molar-refractivity contribution in [2.24, 2.45) is 0 Å². The average Bonchev–Trinajstić information content (AvgIpc) is 2.43. The molecular weight excluding hydrogens is 264 g/mol. The van der Waals surface area contributed by atoms with Gasteiger partial charge in [0, 0.05) is 19.2 Å². The molecule has 0 atom stereocenters. The van der Waals surface area contributed by atoms with Crippen LogP contribution in [0.5, 0.6) is 5.75 Å². The van der Waals surface area contributed by atoms with Crippen LogP contribution in [-0.2, 0) is 9.59 Å². The zero-order chi connectivity index (χ0) is 14.7. The van der Waals surface area contributed by atoms with Gasteiger partial charge in [0.05, 0.1) is 12.1 Å². The standard InChI is InChI=1S/C13H14N2O5/c1-15(5-4-12(17)18)13(19)8-2-3-9-10(6-8)20-7-11(16)14-9/h2-3,6H,4-5,7H2,1H3,(H,14,16)(H,17,18). The first kappa shape index (κ1) is 13.9. The van der Waals surface area contributed by atoms with E-state index in [1.165, 1.54) is 18.0 Å². The van der Waals surface area contributed by atoms with Crippen molar-refractivity contribution in [1.82, 2.24) is 4.90 Å². The Hall–Kier alpha value is -2.57. The van der Waals surface area contributed by atoms with Gasteiger partial charge in [-0.1, -0.05) is 0 Å². The smallest absolute Gasteiger partial charge is 0.305 e. The van der Waals surface area contributed by atoms with E-state index in [0.29, 0.717) is 17.0 Å². The predicted molar refractivity (Wildman–Crippen MR) is 69.8 cm³/mol. The molecule has 2 amide bonds. The van der Waals surface area contributed by atoms with Gasteiger partial charge in [-0.2, -0.15) is 0 Å². The molecule has 0 unspecified atom stereocenters. The van der Waals surface area contributed by atoms with Crippen LogP contribution in [0.4, 0.5) is 5.69 Å². The summed E-state index contributed by atoms with van der Waals surface area (Å²) in [6, 6.07) is 4.69. The minimum atomic E-state index is -0.957. The lowest BCUT2D eigenvalue weighted by Crippen LogP contribution is -2.29. The molecule has 1 heterocycles. The summed E-state index contributed by atoms with van der Waals surface area (Å²) in [5, 5.41) is 11.2. The van der Waals surface area contributed by atoms with E-state index >= 15 is 0 Å². The molecule has 2 N–H and O–H groups in total. The number of hydrogen-bond acceptors (Lipinski definition) is 4. The molecule has 0 saturated heterocycles. The number of rotatable bonds is 4. The second-order valence-corrected chi connectivity index (χ2v) is 4.42. The molecule has 7 heteroatoms. The maximum absolute atomic E-state index is 12.1. The summed E-state index contributed by atoms with van der Waals surface area (Å²) in [5.74, 6) is -1.06. The van der Waals surface area contributed by atoms with E-state index in [-0.39, 0.29) is 31.4 Å². The molecule has 0 aliphatic carbocycles. The van der Waals surface area contributed by atoms with Crippen molar-refractivity contribution in [3.63, 3.8) is 0 Å². The van der Waals surface area contributed by atoms with Crippen LogP contribution in [0.2, 0.25) is 0 Å². The molecule has 106 valence electrons. The molecule has 0 spiro atoms. The number of carboxylic acid groups (broad SMARTS) is 1. The Morgan fingerprint density at radius 1 is 1.45 bits per heavy atom. The van der Waals surface area contributed by atoms with Gasteiger partial charge in [-0.05, 0) is 18.2 Å². The fraction of sp³-hybridized carbons (Fsp3) is 0.308. The zero-order valence-corrected chi connectivity index (χ0v) is 10.9. The third-order valence-electron chi connectivity index (χ3n) is 2.87. The minimum absolute atomic E-state index is 0.0838. The fourth-order valence-electron chi connectivity index (χ4n) is 1.79. The lowest BCUT2D eigenvalue weighted by atomic mass is 10.1. The lowest BCUT2D eigenvalue weighted by Gasteiger charge is -2.20. The van der Waals surface area contributed by atoms with Crippen molar-refractivity contribution < 1.29 is 24.2 Å². The number of anilines is 1. The molecule has 1 aromatic carbocycles. The second-order valence-electron chi connectivity index (χ2n) is 4.42. The van der Waals surface area contributed by atoms with E-state index in [0.717, 1.165) is 0 Å². The Balaban J connectivity index is 2.11. The third kappa shape index (κ3) is 3.05. The second kappa shape index (κ2) is 5.60. The van der Waals surface area contributed by atoms with Crippen LogP contribution in [0.3, 0.4) is 0 Å². The summed E-state index contributed by atoms with van der Waals surface area (Å²) in [6.45, 7) is 0.0440. The highest BCUT2D eigenvalue weighted by molar-refractivity contribution is 5.99. The number of carboxylic acids is 1. The molecule has 0 aromatic heterocycles. The molecule has 0 fully saturated rings. The number of fused-ring (bicyclic) bond motifs is 1. The van der Waals surface area contributed by atoms with Gasteiger partial charge < -0.3 is 20.1 Å². The molecule has 0 bridgehead atoms. The highest BCUT2D eigenvalue weighted by Crippen LogP contribution is 2.28. The Labute approximate surface area is 115 Å². The number of hydrogen-bond donors (Lipinski definition) is 2. The van der Waals surface area contributed by atoms with Crippen molar-refractivity contribution in [3.8, 4) is 5.75 Å². The van der Waals surface area contributed by atoms with E-state index in [1.54, 1.807) is 12.1 Å². The number of carbonyl (C=O) groups excluding carboxylic acids is 2. The van der Waals surface area contributed by atoms with Gasteiger partial charge in [-0.3, -0.25) is 14.4 Å². The Kier molecular flexibility index (Phi) is 3.88.